The number of imidazole rings is 1. The van der Waals surface area contributed by atoms with Crippen LogP contribution >= 0.6 is 0 Å². The van der Waals surface area contributed by atoms with Crippen LogP contribution in [0.15, 0.2) is 24.3 Å². The Morgan fingerprint density at radius 1 is 1.20 bits per heavy atom. The van der Waals surface area contributed by atoms with Crippen LogP contribution in [0, 0.1) is 0 Å². The topological polar surface area (TPSA) is 69.3 Å². The highest BCUT2D eigenvalue weighted by Crippen LogP contribution is 2.13. The molecule has 1 aromatic carbocycles. The molecule has 3 rings (SSSR count). The minimum Gasteiger partial charge on any atom is -0.341 e. The van der Waals surface area contributed by atoms with Gasteiger partial charge in [0, 0.05) is 26.2 Å². The van der Waals surface area contributed by atoms with Gasteiger partial charge in [0.2, 0.25) is 10.0 Å². The van der Waals surface area contributed by atoms with E-state index in [1.54, 1.807) is 0 Å². The summed E-state index contributed by atoms with van der Waals surface area (Å²) < 4.78 is 24.4. The summed E-state index contributed by atoms with van der Waals surface area (Å²) in [5.74, 6) is 0.930. The first kappa shape index (κ1) is 13.5. The van der Waals surface area contributed by atoms with Crippen LogP contribution in [0.1, 0.15) is 5.82 Å². The lowest BCUT2D eigenvalue weighted by molar-refractivity contribution is 0.179. The quantitative estimate of drug-likeness (QED) is 0.902. The second kappa shape index (κ2) is 5.16. The number of nitrogens with one attached hydrogen (secondary N) is 1. The van der Waals surface area contributed by atoms with E-state index in [-0.39, 0.29) is 0 Å². The van der Waals surface area contributed by atoms with E-state index < -0.39 is 10.0 Å². The molecule has 1 aliphatic rings. The van der Waals surface area contributed by atoms with Crippen LogP contribution in [0.4, 0.5) is 0 Å². The molecule has 0 saturated carbocycles. The zero-order valence-corrected chi connectivity index (χ0v) is 12.2. The molecule has 0 unspecified atom stereocenters. The van der Waals surface area contributed by atoms with Crippen LogP contribution in [-0.2, 0) is 16.6 Å². The van der Waals surface area contributed by atoms with Crippen molar-refractivity contribution in [3.8, 4) is 0 Å². The van der Waals surface area contributed by atoms with Gasteiger partial charge in [0.25, 0.3) is 0 Å². The van der Waals surface area contributed by atoms with Gasteiger partial charge in [0.15, 0.2) is 0 Å². The molecule has 2 aromatic rings. The van der Waals surface area contributed by atoms with Gasteiger partial charge >= 0.3 is 0 Å². The number of benzene rings is 1. The monoisotopic (exact) mass is 294 g/mol. The molecule has 1 fully saturated rings. The lowest BCUT2D eigenvalue weighted by atomic mass is 10.3. The number of piperazine rings is 1. The van der Waals surface area contributed by atoms with Crippen molar-refractivity contribution in [3.63, 3.8) is 0 Å². The number of H-pyrrole nitrogens is 1. The van der Waals surface area contributed by atoms with Crippen molar-refractivity contribution in [1.29, 1.82) is 0 Å². The van der Waals surface area contributed by atoms with Crippen molar-refractivity contribution in [2.45, 2.75) is 6.54 Å². The molecule has 108 valence electrons. The lowest BCUT2D eigenvalue weighted by Crippen LogP contribution is -2.47. The largest absolute Gasteiger partial charge is 0.341 e. The number of sulfonamides is 1. The number of nitrogens with zero attached hydrogens (tertiary/aromatic N) is 3. The van der Waals surface area contributed by atoms with Gasteiger partial charge in [-0.25, -0.2) is 13.4 Å². The molecule has 2 heterocycles. The van der Waals surface area contributed by atoms with E-state index in [0.29, 0.717) is 13.1 Å². The van der Waals surface area contributed by atoms with Crippen LogP contribution < -0.4 is 0 Å². The SMILES string of the molecule is CS(=O)(=O)N1CCN(Cc2nc3ccccc3[nH]2)CC1. The maximum atomic E-state index is 11.5. The molecular weight excluding hydrogens is 276 g/mol. The van der Waals surface area contributed by atoms with Crippen molar-refractivity contribution in [2.75, 3.05) is 32.4 Å². The number of aromatic amines is 1. The number of rotatable bonds is 3. The molecule has 6 nitrogen and oxygen atoms in total. The molecule has 0 amide bonds. The zero-order chi connectivity index (χ0) is 14.2. The first-order valence-electron chi connectivity index (χ1n) is 6.63. The molecule has 0 atom stereocenters. The van der Waals surface area contributed by atoms with Gasteiger partial charge in [-0.2, -0.15) is 4.31 Å². The number of fused-ring (bicyclic) bond motifs is 1. The molecular formula is C13H18N4O2S. The summed E-state index contributed by atoms with van der Waals surface area (Å²) in [7, 11) is -3.06. The molecule has 1 N–H and O–H groups in total. The predicted octanol–water partition coefficient (Wildman–Crippen LogP) is 0.640. The Bertz CT molecular complexity index is 669. The summed E-state index contributed by atoms with van der Waals surface area (Å²) in [5, 5.41) is 0. The molecule has 0 spiro atoms. The Hall–Kier alpha value is -1.44. The summed E-state index contributed by atoms with van der Waals surface area (Å²) in [5.41, 5.74) is 2.01. The third-order valence-corrected chi connectivity index (χ3v) is 4.92. The number of para-hydroxylation sites is 2. The Balaban J connectivity index is 1.65. The second-order valence-electron chi connectivity index (χ2n) is 5.14. The molecule has 7 heteroatoms. The summed E-state index contributed by atoms with van der Waals surface area (Å²) in [6.07, 6.45) is 1.27. The average Bonchev–Trinajstić information content (AvgIpc) is 2.80. The molecule has 20 heavy (non-hydrogen) atoms. The van der Waals surface area contributed by atoms with E-state index in [4.69, 9.17) is 0 Å². The fraction of sp³-hybridized carbons (Fsp3) is 0.462. The van der Waals surface area contributed by atoms with E-state index in [1.165, 1.54) is 10.6 Å². The highest BCUT2D eigenvalue weighted by molar-refractivity contribution is 7.88. The molecule has 1 aromatic heterocycles. The van der Waals surface area contributed by atoms with E-state index in [2.05, 4.69) is 14.9 Å². The molecule has 0 bridgehead atoms. The number of aromatic nitrogens is 2. The van der Waals surface area contributed by atoms with Gasteiger partial charge in [0.05, 0.1) is 23.8 Å². The van der Waals surface area contributed by atoms with E-state index >= 15 is 0 Å². The van der Waals surface area contributed by atoms with Crippen molar-refractivity contribution in [1.82, 2.24) is 19.2 Å². The number of hydrogen-bond donors (Lipinski definition) is 1. The Labute approximate surface area is 118 Å². The highest BCUT2D eigenvalue weighted by Gasteiger charge is 2.23. The first-order valence-corrected chi connectivity index (χ1v) is 8.48. The van der Waals surface area contributed by atoms with Crippen molar-refractivity contribution >= 4 is 21.1 Å². The maximum Gasteiger partial charge on any atom is 0.211 e. The zero-order valence-electron chi connectivity index (χ0n) is 11.4. The first-order chi connectivity index (χ1) is 9.52. The molecule has 0 radical (unpaired) electrons. The van der Waals surface area contributed by atoms with Gasteiger partial charge in [-0.05, 0) is 12.1 Å². The van der Waals surface area contributed by atoms with E-state index in [9.17, 15) is 8.42 Å². The van der Waals surface area contributed by atoms with Crippen molar-refractivity contribution < 1.29 is 8.42 Å². The van der Waals surface area contributed by atoms with E-state index in [0.717, 1.165) is 36.5 Å². The van der Waals surface area contributed by atoms with Gasteiger partial charge in [-0.3, -0.25) is 4.90 Å². The molecule has 1 aliphatic heterocycles. The fourth-order valence-corrected chi connectivity index (χ4v) is 3.34. The van der Waals surface area contributed by atoms with Crippen LogP contribution in [0.2, 0.25) is 0 Å². The second-order valence-corrected chi connectivity index (χ2v) is 7.12. The third-order valence-electron chi connectivity index (χ3n) is 3.61. The van der Waals surface area contributed by atoms with Crippen LogP contribution in [-0.4, -0.2) is 60.0 Å². The van der Waals surface area contributed by atoms with Crippen LogP contribution in [0.5, 0.6) is 0 Å². The van der Waals surface area contributed by atoms with Crippen LogP contribution in [0.3, 0.4) is 0 Å². The smallest absolute Gasteiger partial charge is 0.211 e. The maximum absolute atomic E-state index is 11.5. The third kappa shape index (κ3) is 2.84. The van der Waals surface area contributed by atoms with Gasteiger partial charge in [-0.1, -0.05) is 12.1 Å². The fourth-order valence-electron chi connectivity index (χ4n) is 2.51. The van der Waals surface area contributed by atoms with Gasteiger partial charge in [0.1, 0.15) is 5.82 Å². The summed E-state index contributed by atoms with van der Waals surface area (Å²) in [6, 6.07) is 7.94. The standard InChI is InChI=1S/C13H18N4O2S/c1-20(18,19)17-8-6-16(7-9-17)10-13-14-11-4-2-3-5-12(11)15-13/h2-5H,6-10H2,1H3,(H,14,15). The van der Waals surface area contributed by atoms with Gasteiger partial charge in [-0.15, -0.1) is 0 Å². The van der Waals surface area contributed by atoms with Crippen LogP contribution in [0.25, 0.3) is 11.0 Å². The molecule has 0 aliphatic carbocycles. The lowest BCUT2D eigenvalue weighted by Gasteiger charge is -2.32. The minimum atomic E-state index is -3.06. The normalized spacial score (nSPS) is 18.6. The Morgan fingerprint density at radius 2 is 1.90 bits per heavy atom. The summed E-state index contributed by atoms with van der Waals surface area (Å²) >= 11 is 0. The predicted molar refractivity (Wildman–Crippen MR) is 77.8 cm³/mol. The molecule has 1 saturated heterocycles. The average molecular weight is 294 g/mol. The minimum absolute atomic E-state index is 0.555. The Kier molecular flexibility index (Phi) is 3.49. The van der Waals surface area contributed by atoms with E-state index in [1.807, 2.05) is 24.3 Å². The number of hydrogen-bond acceptors (Lipinski definition) is 4. The summed E-state index contributed by atoms with van der Waals surface area (Å²) in [4.78, 5) is 10.1. The summed E-state index contributed by atoms with van der Waals surface area (Å²) in [6.45, 7) is 3.32. The Morgan fingerprint density at radius 3 is 2.55 bits per heavy atom. The van der Waals surface area contributed by atoms with Crippen molar-refractivity contribution in [3.05, 3.63) is 30.1 Å². The highest BCUT2D eigenvalue weighted by atomic mass is 32.2. The van der Waals surface area contributed by atoms with Crippen molar-refractivity contribution in [2.24, 2.45) is 0 Å². The van der Waals surface area contributed by atoms with Gasteiger partial charge < -0.3 is 4.98 Å².